The molecule has 1 aromatic heterocycles. The van der Waals surface area contributed by atoms with Crippen molar-refractivity contribution in [2.75, 3.05) is 0 Å². The average molecular weight is 289 g/mol. The molecule has 0 aromatic carbocycles. The number of carbonyl (C=O) groups is 2. The molecule has 1 N–H and O–H groups in total. The third kappa shape index (κ3) is 3.06. The van der Waals surface area contributed by atoms with Crippen LogP contribution in [0, 0.1) is 5.92 Å². The van der Waals surface area contributed by atoms with Crippen LogP contribution < -0.4 is 5.32 Å². The molecule has 2 rings (SSSR count). The Hall–Kier alpha value is -1.91. The second-order valence-electron chi connectivity index (χ2n) is 6.23. The smallest absolute Gasteiger partial charge is 0.248 e. The van der Waals surface area contributed by atoms with Crippen LogP contribution in [-0.2, 0) is 16.1 Å². The fourth-order valence-electron chi connectivity index (χ4n) is 2.71. The van der Waals surface area contributed by atoms with Crippen molar-refractivity contribution >= 4 is 11.8 Å². The molecule has 0 aliphatic carbocycles. The molecule has 0 bridgehead atoms. The van der Waals surface area contributed by atoms with E-state index in [9.17, 15) is 9.59 Å². The third-order valence-corrected chi connectivity index (χ3v) is 4.12. The van der Waals surface area contributed by atoms with E-state index in [1.807, 2.05) is 26.0 Å². The summed E-state index contributed by atoms with van der Waals surface area (Å²) in [4.78, 5) is 30.9. The van der Waals surface area contributed by atoms with Gasteiger partial charge < -0.3 is 10.2 Å². The van der Waals surface area contributed by atoms with E-state index >= 15 is 0 Å². The molecule has 2 unspecified atom stereocenters. The van der Waals surface area contributed by atoms with Crippen LogP contribution in [0.15, 0.2) is 24.5 Å². The number of piperazine rings is 1. The maximum absolute atomic E-state index is 12.7. The maximum Gasteiger partial charge on any atom is 0.248 e. The summed E-state index contributed by atoms with van der Waals surface area (Å²) in [5, 5.41) is 2.84. The number of hydrogen-bond acceptors (Lipinski definition) is 3. The second kappa shape index (κ2) is 5.84. The van der Waals surface area contributed by atoms with Gasteiger partial charge in [-0.25, -0.2) is 0 Å². The van der Waals surface area contributed by atoms with Gasteiger partial charge in [0.15, 0.2) is 0 Å². The number of nitrogens with zero attached hydrogens (tertiary/aromatic N) is 2. The van der Waals surface area contributed by atoms with Crippen LogP contribution in [0.3, 0.4) is 0 Å². The van der Waals surface area contributed by atoms with E-state index < -0.39 is 11.6 Å². The van der Waals surface area contributed by atoms with E-state index in [-0.39, 0.29) is 17.7 Å². The SMILES string of the molecule is CCC(C)C1C(=O)NC(C)(C)C(=O)N1Cc1ccncc1. The van der Waals surface area contributed by atoms with E-state index in [0.29, 0.717) is 6.54 Å². The first kappa shape index (κ1) is 15.5. The first-order valence-corrected chi connectivity index (χ1v) is 7.38. The fourth-order valence-corrected chi connectivity index (χ4v) is 2.71. The lowest BCUT2D eigenvalue weighted by atomic mass is 9.89. The van der Waals surface area contributed by atoms with Crippen molar-refractivity contribution < 1.29 is 9.59 Å². The predicted octanol–water partition coefficient (Wildman–Crippen LogP) is 1.73. The summed E-state index contributed by atoms with van der Waals surface area (Å²) >= 11 is 0. The second-order valence-corrected chi connectivity index (χ2v) is 6.23. The van der Waals surface area contributed by atoms with Gasteiger partial charge in [0.2, 0.25) is 11.8 Å². The lowest BCUT2D eigenvalue weighted by molar-refractivity contribution is -0.156. The standard InChI is InChI=1S/C16H23N3O2/c1-5-11(2)13-14(20)18-16(3,4)15(21)19(13)10-12-6-8-17-9-7-12/h6-9,11,13H,5,10H2,1-4H3,(H,18,20). The van der Waals surface area contributed by atoms with Crippen molar-refractivity contribution in [3.63, 3.8) is 0 Å². The van der Waals surface area contributed by atoms with Crippen molar-refractivity contribution in [2.45, 2.75) is 52.2 Å². The molecule has 1 saturated heterocycles. The molecule has 1 aromatic rings. The Kier molecular flexibility index (Phi) is 4.30. The Morgan fingerprint density at radius 2 is 1.95 bits per heavy atom. The Labute approximate surface area is 125 Å². The van der Waals surface area contributed by atoms with Crippen molar-refractivity contribution in [1.29, 1.82) is 0 Å². The Balaban J connectivity index is 2.34. The van der Waals surface area contributed by atoms with Crippen molar-refractivity contribution in [3.05, 3.63) is 30.1 Å². The minimum Gasteiger partial charge on any atom is -0.340 e. The summed E-state index contributed by atoms with van der Waals surface area (Å²) in [6.45, 7) is 7.98. The normalized spacial score (nSPS) is 22.9. The van der Waals surface area contributed by atoms with Gasteiger partial charge in [-0.3, -0.25) is 14.6 Å². The molecule has 114 valence electrons. The molecule has 0 radical (unpaired) electrons. The van der Waals surface area contributed by atoms with E-state index in [2.05, 4.69) is 10.3 Å². The van der Waals surface area contributed by atoms with Crippen molar-refractivity contribution in [1.82, 2.24) is 15.2 Å². The highest BCUT2D eigenvalue weighted by Crippen LogP contribution is 2.26. The van der Waals surface area contributed by atoms with Gasteiger partial charge in [-0.1, -0.05) is 20.3 Å². The summed E-state index contributed by atoms with van der Waals surface area (Å²) in [6, 6.07) is 3.34. The highest BCUT2D eigenvalue weighted by molar-refractivity contribution is 5.99. The summed E-state index contributed by atoms with van der Waals surface area (Å²) in [7, 11) is 0. The molecule has 2 amide bonds. The molecule has 5 heteroatoms. The molecule has 5 nitrogen and oxygen atoms in total. The minimum atomic E-state index is -0.853. The summed E-state index contributed by atoms with van der Waals surface area (Å²) in [5.74, 6) is 0.0131. The molecule has 1 aliphatic rings. The number of aromatic nitrogens is 1. The predicted molar refractivity (Wildman–Crippen MR) is 80.3 cm³/mol. The number of amides is 2. The number of rotatable bonds is 4. The van der Waals surface area contributed by atoms with E-state index in [4.69, 9.17) is 0 Å². The van der Waals surface area contributed by atoms with E-state index in [0.717, 1.165) is 12.0 Å². The largest absolute Gasteiger partial charge is 0.340 e. The van der Waals surface area contributed by atoms with Gasteiger partial charge >= 0.3 is 0 Å². The van der Waals surface area contributed by atoms with Crippen LogP contribution in [-0.4, -0.2) is 33.3 Å². The van der Waals surface area contributed by atoms with Crippen LogP contribution in [0.25, 0.3) is 0 Å². The van der Waals surface area contributed by atoms with E-state index in [1.54, 1.807) is 31.1 Å². The Morgan fingerprint density at radius 1 is 1.33 bits per heavy atom. The number of carbonyl (C=O) groups excluding carboxylic acids is 2. The van der Waals surface area contributed by atoms with Crippen molar-refractivity contribution in [2.24, 2.45) is 5.92 Å². The molecule has 0 saturated carbocycles. The minimum absolute atomic E-state index is 0.0378. The van der Waals surface area contributed by atoms with Gasteiger partial charge in [0.05, 0.1) is 0 Å². The summed E-state index contributed by atoms with van der Waals surface area (Å²) in [6.07, 6.45) is 4.25. The first-order chi connectivity index (χ1) is 9.86. The summed E-state index contributed by atoms with van der Waals surface area (Å²) in [5.41, 5.74) is 0.130. The van der Waals surface area contributed by atoms with Crippen LogP contribution in [0.2, 0.25) is 0 Å². The fraction of sp³-hybridized carbons (Fsp3) is 0.562. The Morgan fingerprint density at radius 3 is 2.52 bits per heavy atom. The lowest BCUT2D eigenvalue weighted by Gasteiger charge is -2.44. The quantitative estimate of drug-likeness (QED) is 0.918. The van der Waals surface area contributed by atoms with Gasteiger partial charge in [-0.2, -0.15) is 0 Å². The van der Waals surface area contributed by atoms with Gasteiger partial charge in [0.1, 0.15) is 11.6 Å². The monoisotopic (exact) mass is 289 g/mol. The van der Waals surface area contributed by atoms with Crippen LogP contribution in [0.1, 0.15) is 39.7 Å². The number of nitrogens with one attached hydrogen (secondary N) is 1. The lowest BCUT2D eigenvalue weighted by Crippen LogP contribution is -2.69. The molecule has 1 fully saturated rings. The Bertz CT molecular complexity index is 528. The highest BCUT2D eigenvalue weighted by atomic mass is 16.2. The zero-order valence-electron chi connectivity index (χ0n) is 13.1. The van der Waals surface area contributed by atoms with Crippen molar-refractivity contribution in [3.8, 4) is 0 Å². The molecule has 2 atom stereocenters. The van der Waals surface area contributed by atoms with Crippen LogP contribution in [0.4, 0.5) is 0 Å². The molecule has 2 heterocycles. The average Bonchev–Trinajstić information content (AvgIpc) is 2.44. The third-order valence-electron chi connectivity index (χ3n) is 4.12. The van der Waals surface area contributed by atoms with Gasteiger partial charge in [-0.15, -0.1) is 0 Å². The molecule has 1 aliphatic heterocycles. The topological polar surface area (TPSA) is 62.3 Å². The molecule has 21 heavy (non-hydrogen) atoms. The highest BCUT2D eigenvalue weighted by Gasteiger charge is 2.46. The van der Waals surface area contributed by atoms with Crippen LogP contribution >= 0.6 is 0 Å². The van der Waals surface area contributed by atoms with Gasteiger partial charge in [0.25, 0.3) is 0 Å². The maximum atomic E-state index is 12.7. The van der Waals surface area contributed by atoms with Crippen LogP contribution in [0.5, 0.6) is 0 Å². The zero-order chi connectivity index (χ0) is 15.6. The molecular weight excluding hydrogens is 266 g/mol. The first-order valence-electron chi connectivity index (χ1n) is 7.38. The summed E-state index contributed by atoms with van der Waals surface area (Å²) < 4.78 is 0. The molecule has 0 spiro atoms. The van der Waals surface area contributed by atoms with Gasteiger partial charge in [-0.05, 0) is 37.5 Å². The molecular formula is C16H23N3O2. The number of pyridine rings is 1. The van der Waals surface area contributed by atoms with Gasteiger partial charge in [0, 0.05) is 18.9 Å². The zero-order valence-corrected chi connectivity index (χ0v) is 13.1. The number of hydrogen-bond donors (Lipinski definition) is 1. The van der Waals surface area contributed by atoms with E-state index in [1.165, 1.54) is 0 Å².